The van der Waals surface area contributed by atoms with Gasteiger partial charge in [-0.15, -0.1) is 0 Å². The van der Waals surface area contributed by atoms with E-state index < -0.39 is 6.09 Å². The fourth-order valence-electron chi connectivity index (χ4n) is 0.754. The maximum absolute atomic E-state index is 10.5. The summed E-state index contributed by atoms with van der Waals surface area (Å²) >= 11 is 0. The van der Waals surface area contributed by atoms with Gasteiger partial charge in [0.25, 0.3) is 0 Å². The number of aliphatic hydroxyl groups is 1. The van der Waals surface area contributed by atoms with Crippen molar-refractivity contribution in [3.05, 3.63) is 0 Å². The van der Waals surface area contributed by atoms with E-state index >= 15 is 0 Å². The third-order valence-electron chi connectivity index (χ3n) is 1.21. The number of β-amino-alcohol motifs (C(OH)–C–C–N with tert-alkyl or cyclic N) is 1. The molecule has 58 valence electrons. The van der Waals surface area contributed by atoms with Gasteiger partial charge in [-0.25, -0.2) is 9.80 Å². The Morgan fingerprint density at radius 1 is 1.80 bits per heavy atom. The van der Waals surface area contributed by atoms with Gasteiger partial charge in [0.2, 0.25) is 0 Å². The lowest BCUT2D eigenvalue weighted by molar-refractivity contribution is 0.0428. The van der Waals surface area contributed by atoms with Gasteiger partial charge < -0.3 is 9.84 Å². The second-order valence-corrected chi connectivity index (χ2v) is 1.96. The lowest BCUT2D eigenvalue weighted by Crippen LogP contribution is -2.50. The normalized spacial score (nSPS) is 19.9. The van der Waals surface area contributed by atoms with Crippen LogP contribution in [0.5, 0.6) is 0 Å². The number of aliphatic hydroxyl groups excluding tert-OH is 1. The van der Waals surface area contributed by atoms with Crippen LogP contribution in [0.25, 0.3) is 0 Å². The van der Waals surface area contributed by atoms with Crippen LogP contribution in [0, 0.1) is 0 Å². The van der Waals surface area contributed by atoms with Crippen LogP contribution in [-0.4, -0.2) is 42.5 Å². The van der Waals surface area contributed by atoms with E-state index in [1.54, 1.807) is 5.01 Å². The van der Waals surface area contributed by atoms with Gasteiger partial charge in [0.15, 0.2) is 0 Å². The first kappa shape index (κ1) is 7.30. The number of hydrazine groups is 1. The van der Waals surface area contributed by atoms with Gasteiger partial charge in [0, 0.05) is 6.54 Å². The van der Waals surface area contributed by atoms with E-state index in [0.717, 1.165) is 0 Å². The van der Waals surface area contributed by atoms with Crippen LogP contribution in [0.3, 0.4) is 0 Å². The Kier molecular flexibility index (Phi) is 2.47. The molecule has 0 bridgehead atoms. The van der Waals surface area contributed by atoms with Crippen LogP contribution in [0.4, 0.5) is 4.79 Å². The minimum absolute atomic E-state index is 0.0419. The molecule has 0 spiro atoms. The molecule has 1 aliphatic heterocycles. The van der Waals surface area contributed by atoms with Crippen molar-refractivity contribution in [3.63, 3.8) is 0 Å². The highest BCUT2D eigenvalue weighted by molar-refractivity contribution is 5.67. The molecule has 1 amide bonds. The molecule has 5 heteroatoms. The van der Waals surface area contributed by atoms with E-state index in [-0.39, 0.29) is 6.61 Å². The van der Waals surface area contributed by atoms with Gasteiger partial charge in [-0.3, -0.25) is 5.43 Å². The molecule has 0 unspecified atom stereocenters. The van der Waals surface area contributed by atoms with E-state index in [0.29, 0.717) is 19.7 Å². The maximum Gasteiger partial charge on any atom is 0.421 e. The molecule has 1 aliphatic rings. The highest BCUT2D eigenvalue weighted by atomic mass is 16.6. The number of nitrogens with one attached hydrogen (secondary N) is 1. The molecule has 1 rings (SSSR count). The number of ether oxygens (including phenoxy) is 1. The van der Waals surface area contributed by atoms with E-state index in [1.165, 1.54) is 0 Å². The average Bonchev–Trinajstić information content (AvgIpc) is 1.88. The van der Waals surface area contributed by atoms with Gasteiger partial charge in [-0.2, -0.15) is 0 Å². The molecule has 10 heavy (non-hydrogen) atoms. The summed E-state index contributed by atoms with van der Waals surface area (Å²) in [7, 11) is 0. The van der Waals surface area contributed by atoms with Crippen LogP contribution in [0.1, 0.15) is 0 Å². The second-order valence-electron chi connectivity index (χ2n) is 1.96. The number of carbonyl (C=O) groups excluding carboxylic acids is 1. The summed E-state index contributed by atoms with van der Waals surface area (Å²) < 4.78 is 4.58. The van der Waals surface area contributed by atoms with Crippen molar-refractivity contribution in [2.75, 3.05) is 26.3 Å². The minimum atomic E-state index is -0.445. The number of hydrogen-bond acceptors (Lipinski definition) is 4. The average molecular weight is 146 g/mol. The van der Waals surface area contributed by atoms with Crippen LogP contribution >= 0.6 is 0 Å². The Hall–Kier alpha value is -0.810. The van der Waals surface area contributed by atoms with Crippen molar-refractivity contribution in [2.24, 2.45) is 0 Å². The molecule has 2 N–H and O–H groups in total. The maximum atomic E-state index is 10.5. The van der Waals surface area contributed by atoms with Crippen molar-refractivity contribution in [1.29, 1.82) is 0 Å². The Balaban J connectivity index is 2.25. The van der Waals surface area contributed by atoms with Gasteiger partial charge in [0.1, 0.15) is 6.61 Å². The number of carbonyl (C=O) groups is 1. The predicted molar refractivity (Wildman–Crippen MR) is 33.1 cm³/mol. The lowest BCUT2D eigenvalue weighted by atomic mass is 10.5. The highest BCUT2D eigenvalue weighted by Crippen LogP contribution is 1.91. The number of hydrogen-bond donors (Lipinski definition) is 2. The summed E-state index contributed by atoms with van der Waals surface area (Å²) in [6.45, 7) is 1.52. The van der Waals surface area contributed by atoms with E-state index in [9.17, 15) is 4.79 Å². The molecule has 0 atom stereocenters. The quantitative estimate of drug-likeness (QED) is 0.521. The van der Waals surface area contributed by atoms with E-state index in [1.807, 2.05) is 0 Å². The minimum Gasteiger partial charge on any atom is -0.447 e. The SMILES string of the molecule is O=C1NN(CCO)CCO1. The molecular weight excluding hydrogens is 136 g/mol. The molecule has 1 saturated heterocycles. The Morgan fingerprint density at radius 3 is 3.20 bits per heavy atom. The van der Waals surface area contributed by atoms with Crippen LogP contribution in [0.2, 0.25) is 0 Å². The van der Waals surface area contributed by atoms with Crippen molar-refractivity contribution >= 4 is 6.09 Å². The molecule has 0 aromatic carbocycles. The fraction of sp³-hybridized carbons (Fsp3) is 0.800. The van der Waals surface area contributed by atoms with Gasteiger partial charge in [0.05, 0.1) is 13.2 Å². The van der Waals surface area contributed by atoms with Gasteiger partial charge >= 0.3 is 6.09 Å². The molecule has 1 heterocycles. The standard InChI is InChI=1S/C5H10N2O3/c8-3-1-7-2-4-10-5(9)6-7/h8H,1-4H2,(H,6,9). The highest BCUT2D eigenvalue weighted by Gasteiger charge is 2.14. The van der Waals surface area contributed by atoms with Gasteiger partial charge in [-0.05, 0) is 0 Å². The summed E-state index contributed by atoms with van der Waals surface area (Å²) in [5.74, 6) is 0. The zero-order chi connectivity index (χ0) is 7.40. The number of cyclic esters (lactones) is 1. The Bertz CT molecular complexity index is 126. The molecule has 0 saturated carbocycles. The van der Waals surface area contributed by atoms with Crippen molar-refractivity contribution in [1.82, 2.24) is 10.4 Å². The first-order chi connectivity index (χ1) is 4.83. The monoisotopic (exact) mass is 146 g/mol. The largest absolute Gasteiger partial charge is 0.447 e. The van der Waals surface area contributed by atoms with Crippen LogP contribution < -0.4 is 5.43 Å². The fourth-order valence-corrected chi connectivity index (χ4v) is 0.754. The summed E-state index contributed by atoms with van der Waals surface area (Å²) in [6, 6.07) is 0. The van der Waals surface area contributed by atoms with E-state index in [4.69, 9.17) is 5.11 Å². The van der Waals surface area contributed by atoms with E-state index in [2.05, 4.69) is 10.2 Å². The molecule has 0 aromatic heterocycles. The second kappa shape index (κ2) is 3.38. The molecule has 1 fully saturated rings. The zero-order valence-electron chi connectivity index (χ0n) is 5.54. The molecular formula is C5H10N2O3. The molecule has 0 aromatic rings. The topological polar surface area (TPSA) is 61.8 Å². The van der Waals surface area contributed by atoms with Crippen LogP contribution in [0.15, 0.2) is 0 Å². The van der Waals surface area contributed by atoms with Crippen LogP contribution in [-0.2, 0) is 4.74 Å². The van der Waals surface area contributed by atoms with Crippen molar-refractivity contribution < 1.29 is 14.6 Å². The summed E-state index contributed by atoms with van der Waals surface area (Å²) in [4.78, 5) is 10.5. The smallest absolute Gasteiger partial charge is 0.421 e. The predicted octanol–water partition coefficient (Wildman–Crippen LogP) is -1.06. The Morgan fingerprint density at radius 2 is 2.60 bits per heavy atom. The van der Waals surface area contributed by atoms with Gasteiger partial charge in [-0.1, -0.05) is 0 Å². The Labute approximate surface area is 58.5 Å². The first-order valence-electron chi connectivity index (χ1n) is 3.12. The summed E-state index contributed by atoms with van der Waals surface area (Å²) in [6.07, 6.45) is -0.445. The van der Waals surface area contributed by atoms with Crippen molar-refractivity contribution in [3.8, 4) is 0 Å². The first-order valence-corrected chi connectivity index (χ1v) is 3.12. The molecule has 5 nitrogen and oxygen atoms in total. The number of amides is 1. The summed E-state index contributed by atoms with van der Waals surface area (Å²) in [5, 5.41) is 10.1. The third-order valence-corrected chi connectivity index (χ3v) is 1.21. The lowest BCUT2D eigenvalue weighted by Gasteiger charge is -2.25. The van der Waals surface area contributed by atoms with Crippen molar-refractivity contribution in [2.45, 2.75) is 0 Å². The molecule has 0 radical (unpaired) electrons. The summed E-state index contributed by atoms with van der Waals surface area (Å²) in [5.41, 5.74) is 2.43. The number of nitrogens with zero attached hydrogens (tertiary/aromatic N) is 1. The third kappa shape index (κ3) is 1.85. The number of rotatable bonds is 2. The zero-order valence-corrected chi connectivity index (χ0v) is 5.54. The molecule has 0 aliphatic carbocycles.